The van der Waals surface area contributed by atoms with Crippen molar-refractivity contribution in [1.29, 1.82) is 0 Å². The number of nitrogens with zero attached hydrogens (tertiary/aromatic N) is 2. The molecule has 0 aromatic carbocycles. The van der Waals surface area contributed by atoms with E-state index in [1.54, 1.807) is 0 Å². The van der Waals surface area contributed by atoms with E-state index in [9.17, 15) is 14.9 Å². The zero-order chi connectivity index (χ0) is 14.3. The lowest BCUT2D eigenvalue weighted by Gasteiger charge is -2.05. The van der Waals surface area contributed by atoms with Crippen molar-refractivity contribution in [2.75, 3.05) is 5.32 Å². The quantitative estimate of drug-likeness (QED) is 0.359. The van der Waals surface area contributed by atoms with Crippen molar-refractivity contribution < 1.29 is 9.72 Å². The molecule has 0 fully saturated rings. The fraction of sp³-hybridized carbons (Fsp3) is 0.500. The highest BCUT2D eigenvalue weighted by atomic mass is 35.5. The average molecular weight is 286 g/mol. The van der Waals surface area contributed by atoms with Crippen LogP contribution >= 0.6 is 11.6 Å². The molecular weight excluding hydrogens is 270 g/mol. The second kappa shape index (κ2) is 7.68. The predicted octanol–water partition coefficient (Wildman–Crippen LogP) is 3.55. The molecule has 1 heterocycles. The van der Waals surface area contributed by atoms with Gasteiger partial charge in [-0.25, -0.2) is 4.98 Å². The molecule has 1 amide bonds. The Hall–Kier alpha value is -1.69. The van der Waals surface area contributed by atoms with Gasteiger partial charge in [0.05, 0.1) is 4.92 Å². The van der Waals surface area contributed by atoms with Crippen LogP contribution in [0.15, 0.2) is 12.1 Å². The lowest BCUT2D eigenvalue weighted by atomic mass is 10.1. The Labute approximate surface area is 116 Å². The molecule has 19 heavy (non-hydrogen) atoms. The van der Waals surface area contributed by atoms with Crippen LogP contribution in [0.5, 0.6) is 0 Å². The van der Waals surface area contributed by atoms with Crippen LogP contribution < -0.4 is 5.32 Å². The van der Waals surface area contributed by atoms with Crippen molar-refractivity contribution in [2.45, 2.75) is 39.0 Å². The van der Waals surface area contributed by atoms with Gasteiger partial charge in [-0.05, 0) is 12.5 Å². The van der Waals surface area contributed by atoms with Crippen LogP contribution in [0, 0.1) is 10.1 Å². The molecule has 0 atom stereocenters. The molecule has 1 rings (SSSR count). The number of aromatic nitrogens is 1. The van der Waals surface area contributed by atoms with Gasteiger partial charge in [0.25, 0.3) is 0 Å². The zero-order valence-corrected chi connectivity index (χ0v) is 11.4. The van der Waals surface area contributed by atoms with E-state index in [1.807, 2.05) is 0 Å². The number of anilines is 1. The number of carbonyl (C=O) groups is 1. The summed E-state index contributed by atoms with van der Waals surface area (Å²) in [5, 5.41) is 13.3. The van der Waals surface area contributed by atoms with Gasteiger partial charge < -0.3 is 5.32 Å². The normalized spacial score (nSPS) is 10.2. The summed E-state index contributed by atoms with van der Waals surface area (Å²) in [7, 11) is 0. The Bertz CT molecular complexity index is 466. The lowest BCUT2D eigenvalue weighted by molar-refractivity contribution is -0.384. The average Bonchev–Trinajstić information content (AvgIpc) is 2.34. The third-order valence-corrected chi connectivity index (χ3v) is 2.76. The predicted molar refractivity (Wildman–Crippen MR) is 73.3 cm³/mol. The Morgan fingerprint density at radius 1 is 1.42 bits per heavy atom. The maximum atomic E-state index is 11.6. The number of hydrogen-bond donors (Lipinski definition) is 1. The molecule has 0 aliphatic carbocycles. The Kier molecular flexibility index (Phi) is 6.21. The van der Waals surface area contributed by atoms with E-state index in [4.69, 9.17) is 11.6 Å². The summed E-state index contributed by atoms with van der Waals surface area (Å²) >= 11 is 5.67. The first-order valence-electron chi connectivity index (χ1n) is 6.15. The number of pyridine rings is 1. The first-order chi connectivity index (χ1) is 9.04. The number of amides is 1. The van der Waals surface area contributed by atoms with Crippen LogP contribution in [0.3, 0.4) is 0 Å². The van der Waals surface area contributed by atoms with Crippen molar-refractivity contribution in [3.63, 3.8) is 0 Å². The van der Waals surface area contributed by atoms with E-state index >= 15 is 0 Å². The minimum Gasteiger partial charge on any atom is -0.305 e. The molecule has 6 nitrogen and oxygen atoms in total. The molecule has 0 unspecified atom stereocenters. The summed E-state index contributed by atoms with van der Waals surface area (Å²) in [5.74, 6) is -0.382. The molecule has 0 saturated carbocycles. The highest BCUT2D eigenvalue weighted by Gasteiger charge is 2.17. The van der Waals surface area contributed by atoms with Gasteiger partial charge in [-0.3, -0.25) is 14.9 Å². The van der Waals surface area contributed by atoms with Crippen LogP contribution in [-0.4, -0.2) is 15.8 Å². The molecule has 0 aliphatic rings. The monoisotopic (exact) mass is 285 g/mol. The number of unbranched alkanes of at least 4 members (excludes halogenated alkanes) is 3. The van der Waals surface area contributed by atoms with Gasteiger partial charge in [-0.2, -0.15) is 0 Å². The SMILES string of the molecule is CCCCCCC(=O)Nc1nc(Cl)ccc1[N+](=O)[O-]. The van der Waals surface area contributed by atoms with Gasteiger partial charge in [0.1, 0.15) is 5.15 Å². The second-order valence-corrected chi connectivity index (χ2v) is 4.50. The summed E-state index contributed by atoms with van der Waals surface area (Å²) in [5.41, 5.74) is -0.258. The number of nitro groups is 1. The molecule has 1 aromatic rings. The first kappa shape index (κ1) is 15.4. The van der Waals surface area contributed by atoms with Crippen molar-refractivity contribution in [1.82, 2.24) is 4.98 Å². The summed E-state index contributed by atoms with van der Waals surface area (Å²) in [6.45, 7) is 2.08. The largest absolute Gasteiger partial charge is 0.311 e. The van der Waals surface area contributed by atoms with Crippen LogP contribution in [0.4, 0.5) is 11.5 Å². The van der Waals surface area contributed by atoms with Gasteiger partial charge in [0.15, 0.2) is 0 Å². The molecule has 7 heteroatoms. The molecule has 0 aliphatic heterocycles. The number of rotatable bonds is 7. The lowest BCUT2D eigenvalue weighted by Crippen LogP contribution is -2.13. The minimum absolute atomic E-state index is 0.0991. The third kappa shape index (κ3) is 5.21. The third-order valence-electron chi connectivity index (χ3n) is 2.55. The van der Waals surface area contributed by atoms with Gasteiger partial charge in [-0.15, -0.1) is 0 Å². The van der Waals surface area contributed by atoms with Crippen molar-refractivity contribution in [3.8, 4) is 0 Å². The highest BCUT2D eigenvalue weighted by Crippen LogP contribution is 2.24. The highest BCUT2D eigenvalue weighted by molar-refractivity contribution is 6.29. The first-order valence-corrected chi connectivity index (χ1v) is 6.53. The van der Waals surface area contributed by atoms with E-state index in [0.29, 0.717) is 6.42 Å². The van der Waals surface area contributed by atoms with Crippen LogP contribution in [0.25, 0.3) is 0 Å². The molecule has 1 aromatic heterocycles. The van der Waals surface area contributed by atoms with E-state index in [1.165, 1.54) is 12.1 Å². The van der Waals surface area contributed by atoms with E-state index in [-0.39, 0.29) is 22.6 Å². The summed E-state index contributed by atoms with van der Waals surface area (Å²) in [6, 6.07) is 2.54. The van der Waals surface area contributed by atoms with Gasteiger partial charge >= 0.3 is 5.69 Å². The van der Waals surface area contributed by atoms with Gasteiger partial charge in [0.2, 0.25) is 11.7 Å². The Balaban J connectivity index is 2.62. The number of carbonyl (C=O) groups excluding carboxylic acids is 1. The smallest absolute Gasteiger partial charge is 0.305 e. The Morgan fingerprint density at radius 2 is 2.16 bits per heavy atom. The standard InChI is InChI=1S/C12H16ClN3O3/c1-2-3-4-5-6-11(17)15-12-9(16(18)19)7-8-10(13)14-12/h7-8H,2-6H2,1H3,(H,14,15,17). The molecule has 0 spiro atoms. The molecule has 0 bridgehead atoms. The fourth-order valence-electron chi connectivity index (χ4n) is 1.57. The second-order valence-electron chi connectivity index (χ2n) is 4.12. The zero-order valence-electron chi connectivity index (χ0n) is 10.7. The maximum absolute atomic E-state index is 11.6. The molecule has 0 saturated heterocycles. The van der Waals surface area contributed by atoms with Crippen LogP contribution in [0.1, 0.15) is 39.0 Å². The number of halogens is 1. The Morgan fingerprint density at radius 3 is 2.79 bits per heavy atom. The minimum atomic E-state index is -0.601. The fourth-order valence-corrected chi connectivity index (χ4v) is 1.72. The number of nitrogens with one attached hydrogen (secondary N) is 1. The van der Waals surface area contributed by atoms with Crippen molar-refractivity contribution >= 4 is 29.0 Å². The van der Waals surface area contributed by atoms with E-state index in [0.717, 1.165) is 25.7 Å². The summed E-state index contributed by atoms with van der Waals surface area (Å²) in [6.07, 6.45) is 4.21. The summed E-state index contributed by atoms with van der Waals surface area (Å²) in [4.78, 5) is 25.6. The van der Waals surface area contributed by atoms with E-state index < -0.39 is 4.92 Å². The molecule has 1 N–H and O–H groups in total. The van der Waals surface area contributed by atoms with Gasteiger partial charge in [-0.1, -0.05) is 37.8 Å². The van der Waals surface area contributed by atoms with Gasteiger partial charge in [0, 0.05) is 12.5 Å². The maximum Gasteiger partial charge on any atom is 0.311 e. The van der Waals surface area contributed by atoms with Crippen molar-refractivity contribution in [3.05, 3.63) is 27.4 Å². The van der Waals surface area contributed by atoms with Crippen LogP contribution in [0.2, 0.25) is 5.15 Å². The molecular formula is C12H16ClN3O3. The van der Waals surface area contributed by atoms with Crippen molar-refractivity contribution in [2.24, 2.45) is 0 Å². The summed E-state index contributed by atoms with van der Waals surface area (Å²) < 4.78 is 0. The molecule has 0 radical (unpaired) electrons. The molecule has 104 valence electrons. The van der Waals surface area contributed by atoms with E-state index in [2.05, 4.69) is 17.2 Å². The van der Waals surface area contributed by atoms with Crippen LogP contribution in [-0.2, 0) is 4.79 Å². The topological polar surface area (TPSA) is 85.1 Å². The number of hydrogen-bond acceptors (Lipinski definition) is 4.